The summed E-state index contributed by atoms with van der Waals surface area (Å²) < 4.78 is 18.7. The number of morpholine rings is 1. The number of aromatic amines is 2. The summed E-state index contributed by atoms with van der Waals surface area (Å²) in [6, 6.07) is 1.55. The molecule has 0 saturated carbocycles. The van der Waals surface area contributed by atoms with Crippen LogP contribution >= 0.6 is 0 Å². The number of anilines is 4. The van der Waals surface area contributed by atoms with Crippen LogP contribution in [0.25, 0.3) is 0 Å². The van der Waals surface area contributed by atoms with Crippen molar-refractivity contribution in [3.8, 4) is 0 Å². The Bertz CT molecular complexity index is 1220. The molecule has 0 bridgehead atoms. The molecule has 5 heterocycles. The van der Waals surface area contributed by atoms with Crippen molar-refractivity contribution in [2.45, 2.75) is 25.8 Å². The molecule has 1 saturated heterocycles. The Morgan fingerprint density at radius 3 is 2.66 bits per heavy atom. The fourth-order valence-electron chi connectivity index (χ4n) is 3.55. The fourth-order valence-corrected chi connectivity index (χ4v) is 3.55. The zero-order valence-corrected chi connectivity index (χ0v) is 19.1. The number of imidazole rings is 1. The van der Waals surface area contributed by atoms with Gasteiger partial charge >= 0.3 is 0 Å². The van der Waals surface area contributed by atoms with Gasteiger partial charge in [-0.3, -0.25) is 5.10 Å². The van der Waals surface area contributed by atoms with Crippen molar-refractivity contribution in [3.63, 3.8) is 0 Å². The number of hydrogen-bond donors (Lipinski definition) is 4. The van der Waals surface area contributed by atoms with Gasteiger partial charge in [-0.05, 0) is 13.3 Å². The number of nitrogens with zero attached hydrogens (tertiary/aromatic N) is 8. The fraction of sp³-hybridized carbons (Fsp3) is 0.381. The first-order chi connectivity index (χ1) is 17.1. The second-order valence-electron chi connectivity index (χ2n) is 7.94. The lowest BCUT2D eigenvalue weighted by atomic mass is 10.2. The van der Waals surface area contributed by atoms with Crippen LogP contribution in [-0.2, 0) is 17.6 Å². The van der Waals surface area contributed by atoms with Gasteiger partial charge in [-0.2, -0.15) is 20.1 Å². The lowest BCUT2D eigenvalue weighted by molar-refractivity contribution is 0.122. The molecule has 0 spiro atoms. The summed E-state index contributed by atoms with van der Waals surface area (Å²) in [4.78, 5) is 31.1. The number of ether oxygens (including phenoxy) is 1. The molecule has 1 fully saturated rings. The van der Waals surface area contributed by atoms with Crippen LogP contribution in [0, 0.1) is 5.82 Å². The van der Waals surface area contributed by atoms with E-state index < -0.39 is 5.82 Å². The van der Waals surface area contributed by atoms with Gasteiger partial charge in [-0.15, -0.1) is 0 Å². The minimum absolute atomic E-state index is 0.335. The molecule has 0 radical (unpaired) electrons. The summed E-state index contributed by atoms with van der Waals surface area (Å²) in [5.74, 6) is 2.68. The van der Waals surface area contributed by atoms with Crippen molar-refractivity contribution in [1.29, 1.82) is 0 Å². The van der Waals surface area contributed by atoms with Crippen LogP contribution < -0.4 is 15.5 Å². The molecule has 0 unspecified atom stereocenters. The SMILES string of the molecule is C[C@H](Nc1nc(Nc2cc(CCc3ncc[nH]3)n[nH]2)nc(N2CCOCC2)n1)c1ncc(F)cn1. The third-order valence-electron chi connectivity index (χ3n) is 5.34. The number of hydrogen-bond acceptors (Lipinski definition) is 11. The van der Waals surface area contributed by atoms with Crippen LogP contribution in [-0.4, -0.2) is 71.4 Å². The van der Waals surface area contributed by atoms with Crippen LogP contribution in [0.3, 0.4) is 0 Å². The zero-order valence-electron chi connectivity index (χ0n) is 19.1. The molecule has 1 atom stereocenters. The molecule has 1 aliphatic heterocycles. The van der Waals surface area contributed by atoms with Gasteiger partial charge in [0.1, 0.15) is 17.5 Å². The van der Waals surface area contributed by atoms with Gasteiger partial charge in [0.05, 0.1) is 37.3 Å². The predicted octanol–water partition coefficient (Wildman–Crippen LogP) is 1.79. The van der Waals surface area contributed by atoms with Crippen LogP contribution in [0.15, 0.2) is 30.9 Å². The number of H-pyrrole nitrogens is 2. The maximum atomic E-state index is 13.2. The highest BCUT2D eigenvalue weighted by molar-refractivity contribution is 5.52. The number of aryl methyl sites for hydroxylation is 2. The molecular weight excluding hydrogens is 455 g/mol. The molecule has 14 heteroatoms. The molecule has 4 N–H and O–H groups in total. The molecule has 0 aliphatic carbocycles. The molecular formula is C21H25FN12O. The lowest BCUT2D eigenvalue weighted by Gasteiger charge is -2.27. The van der Waals surface area contributed by atoms with Gasteiger partial charge in [0.15, 0.2) is 5.82 Å². The Morgan fingerprint density at radius 2 is 1.89 bits per heavy atom. The molecule has 35 heavy (non-hydrogen) atoms. The van der Waals surface area contributed by atoms with E-state index in [2.05, 4.69) is 55.7 Å². The van der Waals surface area contributed by atoms with E-state index in [4.69, 9.17) is 4.74 Å². The first-order valence-corrected chi connectivity index (χ1v) is 11.2. The van der Waals surface area contributed by atoms with Crippen molar-refractivity contribution < 1.29 is 9.13 Å². The third-order valence-corrected chi connectivity index (χ3v) is 5.34. The molecule has 4 aromatic rings. The van der Waals surface area contributed by atoms with Gasteiger partial charge in [0, 0.05) is 38.0 Å². The zero-order chi connectivity index (χ0) is 24.0. The average Bonchev–Trinajstić information content (AvgIpc) is 3.56. The minimum Gasteiger partial charge on any atom is -0.378 e. The highest BCUT2D eigenvalue weighted by Gasteiger charge is 2.19. The second kappa shape index (κ2) is 10.4. The second-order valence-corrected chi connectivity index (χ2v) is 7.94. The number of rotatable bonds is 9. The van der Waals surface area contributed by atoms with Gasteiger partial charge in [0.25, 0.3) is 0 Å². The maximum Gasteiger partial charge on any atom is 0.234 e. The predicted molar refractivity (Wildman–Crippen MR) is 125 cm³/mol. The van der Waals surface area contributed by atoms with Crippen LogP contribution in [0.2, 0.25) is 0 Å². The Kier molecular flexibility index (Phi) is 6.70. The van der Waals surface area contributed by atoms with Gasteiger partial charge in [-0.25, -0.2) is 19.3 Å². The van der Waals surface area contributed by atoms with E-state index in [1.54, 1.807) is 12.4 Å². The molecule has 13 nitrogen and oxygen atoms in total. The van der Waals surface area contributed by atoms with Crippen molar-refractivity contribution in [2.75, 3.05) is 41.8 Å². The lowest BCUT2D eigenvalue weighted by Crippen LogP contribution is -2.37. The number of halogens is 1. The Balaban J connectivity index is 1.33. The topological polar surface area (TPSA) is 158 Å². The molecule has 0 amide bonds. The van der Waals surface area contributed by atoms with Crippen molar-refractivity contribution in [3.05, 3.63) is 54.0 Å². The maximum absolute atomic E-state index is 13.2. The molecule has 4 aromatic heterocycles. The van der Waals surface area contributed by atoms with E-state index in [0.717, 1.165) is 36.8 Å². The monoisotopic (exact) mass is 480 g/mol. The number of aromatic nitrogens is 9. The van der Waals surface area contributed by atoms with Crippen LogP contribution in [0.1, 0.15) is 30.3 Å². The molecule has 5 rings (SSSR count). The van der Waals surface area contributed by atoms with E-state index >= 15 is 0 Å². The standard InChI is InChI=1S/C21H25FN12O/c1-13(18-25-11-14(22)12-26-18)27-19-29-20(31-21(30-19)34-6-8-35-9-7-34)28-17-10-15(32-33-17)2-3-16-23-4-5-24-16/h4-5,10-13H,2-3,6-9H2,1H3,(H,23,24)(H3,27,28,29,30,31,32,33)/t13-/m0/s1. The van der Waals surface area contributed by atoms with E-state index in [9.17, 15) is 4.39 Å². The first kappa shape index (κ1) is 22.6. The normalized spacial score (nSPS) is 14.6. The van der Waals surface area contributed by atoms with E-state index in [1.165, 1.54) is 0 Å². The highest BCUT2D eigenvalue weighted by atomic mass is 19.1. The first-order valence-electron chi connectivity index (χ1n) is 11.2. The highest BCUT2D eigenvalue weighted by Crippen LogP contribution is 2.21. The summed E-state index contributed by atoms with van der Waals surface area (Å²) in [7, 11) is 0. The van der Waals surface area contributed by atoms with Gasteiger partial charge < -0.3 is 25.3 Å². The Morgan fingerprint density at radius 1 is 1.09 bits per heavy atom. The molecule has 182 valence electrons. The van der Waals surface area contributed by atoms with Gasteiger partial charge in [0.2, 0.25) is 17.8 Å². The summed E-state index contributed by atoms with van der Waals surface area (Å²) in [6.07, 6.45) is 7.26. The molecule has 1 aliphatic rings. The summed E-state index contributed by atoms with van der Waals surface area (Å²) in [5, 5.41) is 13.7. The molecule has 0 aromatic carbocycles. The quantitative estimate of drug-likeness (QED) is 0.277. The Labute approximate surface area is 200 Å². The Hall–Kier alpha value is -4.20. The third kappa shape index (κ3) is 5.84. The van der Waals surface area contributed by atoms with Crippen molar-refractivity contribution >= 4 is 23.7 Å². The van der Waals surface area contributed by atoms with Crippen LogP contribution in [0.5, 0.6) is 0 Å². The smallest absolute Gasteiger partial charge is 0.234 e. The average molecular weight is 481 g/mol. The summed E-state index contributed by atoms with van der Waals surface area (Å²) >= 11 is 0. The van der Waals surface area contributed by atoms with E-state index in [0.29, 0.717) is 55.8 Å². The van der Waals surface area contributed by atoms with Crippen LogP contribution in [0.4, 0.5) is 28.1 Å². The minimum atomic E-state index is -0.495. The van der Waals surface area contributed by atoms with Crippen molar-refractivity contribution in [1.82, 2.24) is 45.1 Å². The van der Waals surface area contributed by atoms with E-state index in [1.807, 2.05) is 17.9 Å². The largest absolute Gasteiger partial charge is 0.378 e. The van der Waals surface area contributed by atoms with Crippen molar-refractivity contribution in [2.24, 2.45) is 0 Å². The number of nitrogens with one attached hydrogen (secondary N) is 4. The van der Waals surface area contributed by atoms with E-state index in [-0.39, 0.29) is 6.04 Å². The summed E-state index contributed by atoms with van der Waals surface area (Å²) in [5.41, 5.74) is 0.881. The summed E-state index contributed by atoms with van der Waals surface area (Å²) in [6.45, 7) is 4.37. The van der Waals surface area contributed by atoms with Gasteiger partial charge in [-0.1, -0.05) is 0 Å².